The molecule has 8 aromatic rings. The molecule has 0 aliphatic carbocycles. The molecule has 2 heterocycles. The molecule has 0 aliphatic heterocycles. The Morgan fingerprint density at radius 1 is 0.596 bits per heavy atom. The number of hydrogen-bond donors (Lipinski definition) is 1. The van der Waals surface area contributed by atoms with Gasteiger partial charge in [-0.15, -0.1) is 0 Å². The van der Waals surface area contributed by atoms with E-state index in [1.165, 1.54) is 5.56 Å². The lowest BCUT2D eigenvalue weighted by atomic mass is 9.83. The van der Waals surface area contributed by atoms with Gasteiger partial charge >= 0.3 is 0 Å². The van der Waals surface area contributed by atoms with E-state index in [0.717, 1.165) is 61.2 Å². The molecule has 0 spiro atoms. The minimum atomic E-state index is -2.36. The van der Waals surface area contributed by atoms with Gasteiger partial charge < -0.3 is 5.11 Å². The second-order valence-electron chi connectivity index (χ2n) is 14.4. The number of para-hydroxylation sites is 2. The third kappa shape index (κ3) is 6.29. The Bertz CT molecular complexity index is 2690. The fraction of sp³-hybridized carbons (Fsp3) is 0.125. The molecule has 2 aromatic heterocycles. The molecule has 8 rings (SSSR count). The van der Waals surface area contributed by atoms with E-state index in [4.69, 9.17) is 14.1 Å². The molecule has 0 fully saturated rings. The number of aromatic hydroxyl groups is 1. The van der Waals surface area contributed by atoms with Crippen LogP contribution in [0.3, 0.4) is 0 Å². The monoisotopic (exact) mass is 678 g/mol. The number of phenolic OH excluding ortho intramolecular Hbond substituents is 1. The Morgan fingerprint density at radius 2 is 1.33 bits per heavy atom. The van der Waals surface area contributed by atoms with Gasteiger partial charge in [0.1, 0.15) is 11.6 Å². The van der Waals surface area contributed by atoms with Gasteiger partial charge in [-0.05, 0) is 113 Å². The summed E-state index contributed by atoms with van der Waals surface area (Å²) in [5.74, 6) is 0.578. The maximum absolute atomic E-state index is 11.2. The number of pyridine rings is 1. The smallest absolute Gasteiger partial charge is 0.149 e. The minimum absolute atomic E-state index is 0.0763. The van der Waals surface area contributed by atoms with Crippen molar-refractivity contribution in [1.29, 1.82) is 0 Å². The van der Waals surface area contributed by atoms with Gasteiger partial charge in [-0.25, -0.2) is 4.98 Å². The highest BCUT2D eigenvalue weighted by Gasteiger charge is 2.22. The summed E-state index contributed by atoms with van der Waals surface area (Å²) < 4.78 is 27.2. The lowest BCUT2D eigenvalue weighted by molar-refractivity contribution is 0.477. The molecule has 4 nitrogen and oxygen atoms in total. The van der Waals surface area contributed by atoms with Crippen LogP contribution >= 0.6 is 0 Å². The zero-order valence-electron chi connectivity index (χ0n) is 32.7. The Morgan fingerprint density at radius 3 is 2.10 bits per heavy atom. The first-order chi connectivity index (χ1) is 26.3. The molecule has 0 saturated carbocycles. The summed E-state index contributed by atoms with van der Waals surface area (Å²) in [6, 6.07) is 47.8. The molecule has 52 heavy (non-hydrogen) atoms. The van der Waals surface area contributed by atoms with Crippen molar-refractivity contribution in [3.63, 3.8) is 0 Å². The number of benzene rings is 6. The SMILES string of the molecule is [2H]C([2H])([2H])c1cc(-c2ccccc2)cc(-n2c(-c3ccccc3O)nc3c(-c4cc(-c5cc(-c6ccc(C)cc6)ccn5)cc(C(C)(C)C)c4)cccc32)c1. The largest absolute Gasteiger partial charge is 0.507 e. The third-order valence-electron chi connectivity index (χ3n) is 9.66. The summed E-state index contributed by atoms with van der Waals surface area (Å²) in [6.45, 7) is 6.36. The van der Waals surface area contributed by atoms with Gasteiger partial charge in [0.2, 0.25) is 0 Å². The van der Waals surface area contributed by atoms with Gasteiger partial charge in [-0.1, -0.05) is 117 Å². The molecule has 0 unspecified atom stereocenters. The second-order valence-corrected chi connectivity index (χ2v) is 14.4. The van der Waals surface area contributed by atoms with Crippen molar-refractivity contribution in [2.24, 2.45) is 0 Å². The Balaban J connectivity index is 1.38. The molecule has 4 heteroatoms. The fourth-order valence-electron chi connectivity index (χ4n) is 6.85. The van der Waals surface area contributed by atoms with Crippen LogP contribution in [0.15, 0.2) is 152 Å². The molecule has 0 aliphatic rings. The maximum Gasteiger partial charge on any atom is 0.149 e. The highest BCUT2D eigenvalue weighted by atomic mass is 16.3. The van der Waals surface area contributed by atoms with Crippen molar-refractivity contribution in [3.05, 3.63) is 168 Å². The number of nitrogens with zero attached hydrogens (tertiary/aromatic N) is 3. The first-order valence-electron chi connectivity index (χ1n) is 19.0. The number of hydrogen-bond acceptors (Lipinski definition) is 3. The predicted molar refractivity (Wildman–Crippen MR) is 216 cm³/mol. The summed E-state index contributed by atoms with van der Waals surface area (Å²) in [5, 5.41) is 11.2. The quantitative estimate of drug-likeness (QED) is 0.190. The van der Waals surface area contributed by atoms with Gasteiger partial charge in [0.15, 0.2) is 0 Å². The predicted octanol–water partition coefficient (Wildman–Crippen LogP) is 12.4. The summed E-state index contributed by atoms with van der Waals surface area (Å²) in [4.78, 5) is 10.1. The first kappa shape index (κ1) is 29.5. The maximum atomic E-state index is 11.2. The zero-order chi connectivity index (χ0) is 38.5. The third-order valence-corrected chi connectivity index (χ3v) is 9.66. The number of aryl methyl sites for hydroxylation is 2. The van der Waals surface area contributed by atoms with E-state index in [1.54, 1.807) is 24.3 Å². The van der Waals surface area contributed by atoms with Crippen LogP contribution < -0.4 is 0 Å². The normalized spacial score (nSPS) is 12.7. The fourth-order valence-corrected chi connectivity index (χ4v) is 6.85. The van der Waals surface area contributed by atoms with Crippen LogP contribution in [0.4, 0.5) is 0 Å². The average Bonchev–Trinajstić information content (AvgIpc) is 3.57. The van der Waals surface area contributed by atoms with Crippen molar-refractivity contribution in [2.75, 3.05) is 0 Å². The van der Waals surface area contributed by atoms with Gasteiger partial charge in [0.25, 0.3) is 0 Å². The van der Waals surface area contributed by atoms with Crippen LogP contribution in [0.25, 0.3) is 72.7 Å². The van der Waals surface area contributed by atoms with Crippen molar-refractivity contribution in [1.82, 2.24) is 14.5 Å². The highest BCUT2D eigenvalue weighted by Crippen LogP contribution is 2.40. The van der Waals surface area contributed by atoms with Crippen molar-refractivity contribution < 1.29 is 9.22 Å². The summed E-state index contributed by atoms with van der Waals surface area (Å²) in [5.41, 5.74) is 12.7. The number of imidazole rings is 1. The average molecular weight is 679 g/mol. The van der Waals surface area contributed by atoms with E-state index in [9.17, 15) is 5.11 Å². The van der Waals surface area contributed by atoms with Gasteiger partial charge in [0.05, 0.1) is 22.3 Å². The van der Waals surface area contributed by atoms with Gasteiger partial charge in [-0.3, -0.25) is 9.55 Å². The topological polar surface area (TPSA) is 50.9 Å². The van der Waals surface area contributed by atoms with Crippen LogP contribution in [-0.2, 0) is 5.41 Å². The van der Waals surface area contributed by atoms with E-state index >= 15 is 0 Å². The Kier molecular flexibility index (Phi) is 7.44. The van der Waals surface area contributed by atoms with Gasteiger partial charge in [-0.2, -0.15) is 0 Å². The molecule has 6 aromatic carbocycles. The molecule has 0 radical (unpaired) electrons. The molecule has 0 amide bonds. The lowest BCUT2D eigenvalue weighted by Crippen LogP contribution is -2.11. The Hall–Kier alpha value is -6.26. The number of fused-ring (bicyclic) bond motifs is 1. The van der Waals surface area contributed by atoms with Crippen molar-refractivity contribution >= 4 is 11.0 Å². The van der Waals surface area contributed by atoms with E-state index < -0.39 is 6.85 Å². The van der Waals surface area contributed by atoms with Crippen LogP contribution in [0.1, 0.15) is 41.6 Å². The van der Waals surface area contributed by atoms with Crippen LogP contribution in [0.5, 0.6) is 5.75 Å². The number of phenols is 1. The molecular weight excluding hydrogens is 635 g/mol. The lowest BCUT2D eigenvalue weighted by Gasteiger charge is -2.22. The molecule has 1 N–H and O–H groups in total. The van der Waals surface area contributed by atoms with Crippen molar-refractivity contribution in [3.8, 4) is 67.5 Å². The molecule has 0 bridgehead atoms. The van der Waals surface area contributed by atoms with E-state index in [0.29, 0.717) is 17.1 Å². The summed E-state index contributed by atoms with van der Waals surface area (Å²) in [6.07, 6.45) is 1.87. The minimum Gasteiger partial charge on any atom is -0.507 e. The number of rotatable bonds is 6. The highest BCUT2D eigenvalue weighted by molar-refractivity contribution is 5.97. The molecule has 254 valence electrons. The van der Waals surface area contributed by atoms with Crippen LogP contribution in [-0.4, -0.2) is 19.6 Å². The van der Waals surface area contributed by atoms with E-state index in [-0.39, 0.29) is 16.7 Å². The van der Waals surface area contributed by atoms with Gasteiger partial charge in [0, 0.05) is 27.1 Å². The molecule has 0 atom stereocenters. The van der Waals surface area contributed by atoms with Crippen LogP contribution in [0.2, 0.25) is 0 Å². The standard InChI is InChI=1S/C48H41N3O/c1-31-18-20-34(21-19-31)35-22-23-49-43(30-35)38-26-37(27-39(28-38)48(3,4)5)41-15-11-16-44-46(41)50-47(42-14-9-10-17-45(42)52)51(44)40-25-32(2)24-36(29-40)33-12-7-6-8-13-33/h6-30,52H,1-5H3/i2D3. The summed E-state index contributed by atoms with van der Waals surface area (Å²) >= 11 is 0. The van der Waals surface area contributed by atoms with Crippen LogP contribution in [0, 0.1) is 13.8 Å². The number of aromatic nitrogens is 3. The van der Waals surface area contributed by atoms with Crippen molar-refractivity contribution in [2.45, 2.75) is 40.0 Å². The zero-order valence-corrected chi connectivity index (χ0v) is 29.7. The summed E-state index contributed by atoms with van der Waals surface area (Å²) in [7, 11) is 0. The second kappa shape index (κ2) is 13.1. The molecular formula is C48H41N3O. The van der Waals surface area contributed by atoms with E-state index in [1.807, 2.05) is 77.5 Å². The first-order valence-corrected chi connectivity index (χ1v) is 17.5. The Labute approximate surface area is 310 Å². The molecule has 0 saturated heterocycles. The van der Waals surface area contributed by atoms with E-state index in [2.05, 4.69) is 82.3 Å².